The molecule has 3 aromatic carbocycles. The lowest BCUT2D eigenvalue weighted by Gasteiger charge is -2.11. The van der Waals surface area contributed by atoms with Crippen LogP contribution in [0.15, 0.2) is 70.9 Å². The molecule has 3 nitrogen and oxygen atoms in total. The average Bonchev–Trinajstić information content (AvgIpc) is 3.01. The van der Waals surface area contributed by atoms with Crippen molar-refractivity contribution in [3.05, 3.63) is 98.7 Å². The fourth-order valence-corrected chi connectivity index (χ4v) is 3.50. The molecule has 1 aliphatic rings. The van der Waals surface area contributed by atoms with Crippen LogP contribution in [-0.2, 0) is 6.61 Å². The van der Waals surface area contributed by atoms with Crippen LogP contribution in [-0.4, -0.2) is 5.78 Å². The number of halogens is 1. The monoisotopic (exact) mass is 434 g/mol. The molecule has 0 saturated heterocycles. The molecule has 4 heteroatoms. The molecule has 0 aromatic heterocycles. The number of carbonyl (C=O) groups is 1. The minimum absolute atomic E-state index is 0.112. The van der Waals surface area contributed by atoms with Crippen LogP contribution in [0.1, 0.15) is 32.6 Å². The lowest BCUT2D eigenvalue weighted by Crippen LogP contribution is -1.98. The van der Waals surface area contributed by atoms with Gasteiger partial charge in [0.1, 0.15) is 18.1 Å². The van der Waals surface area contributed by atoms with E-state index in [2.05, 4.69) is 47.1 Å². The maximum atomic E-state index is 12.7. The summed E-state index contributed by atoms with van der Waals surface area (Å²) in [6, 6.07) is 19.6. The number of carbonyl (C=O) groups excluding carboxylic acids is 1. The largest absolute Gasteiger partial charge is 0.488 e. The molecule has 4 rings (SSSR count). The van der Waals surface area contributed by atoms with Crippen molar-refractivity contribution in [3.8, 4) is 11.5 Å². The van der Waals surface area contributed by atoms with Crippen LogP contribution in [0.4, 0.5) is 0 Å². The Morgan fingerprint density at radius 3 is 2.50 bits per heavy atom. The zero-order valence-electron chi connectivity index (χ0n) is 15.7. The van der Waals surface area contributed by atoms with Gasteiger partial charge in [0.2, 0.25) is 5.78 Å². The maximum Gasteiger partial charge on any atom is 0.231 e. The van der Waals surface area contributed by atoms with Crippen molar-refractivity contribution in [1.29, 1.82) is 0 Å². The number of benzene rings is 3. The summed E-state index contributed by atoms with van der Waals surface area (Å²) < 4.78 is 12.8. The van der Waals surface area contributed by atoms with E-state index in [1.807, 2.05) is 37.3 Å². The Morgan fingerprint density at radius 1 is 1.00 bits per heavy atom. The van der Waals surface area contributed by atoms with Crippen molar-refractivity contribution in [2.75, 3.05) is 0 Å². The second kappa shape index (κ2) is 7.64. The number of aryl methyl sites for hydroxylation is 1. The molecule has 3 aromatic rings. The van der Waals surface area contributed by atoms with E-state index in [4.69, 9.17) is 9.47 Å². The Labute approximate surface area is 172 Å². The molecule has 1 heterocycles. The number of fused-ring (bicyclic) bond motifs is 1. The summed E-state index contributed by atoms with van der Waals surface area (Å²) in [7, 11) is 0. The van der Waals surface area contributed by atoms with Gasteiger partial charge >= 0.3 is 0 Å². The minimum atomic E-state index is -0.112. The van der Waals surface area contributed by atoms with E-state index in [1.54, 1.807) is 12.1 Å². The van der Waals surface area contributed by atoms with E-state index in [0.717, 1.165) is 21.2 Å². The van der Waals surface area contributed by atoms with Gasteiger partial charge in [-0.2, -0.15) is 0 Å². The molecule has 0 saturated carbocycles. The highest BCUT2D eigenvalue weighted by atomic mass is 79.9. The Bertz CT molecular complexity index is 1080. The summed E-state index contributed by atoms with van der Waals surface area (Å²) in [4.78, 5) is 12.7. The predicted octanol–water partition coefficient (Wildman–Crippen LogP) is 6.26. The number of ketones is 1. The molecule has 0 fully saturated rings. The Morgan fingerprint density at radius 2 is 1.75 bits per heavy atom. The van der Waals surface area contributed by atoms with E-state index in [0.29, 0.717) is 29.4 Å². The second-order valence-electron chi connectivity index (χ2n) is 6.80. The lowest BCUT2D eigenvalue weighted by atomic mass is 10.1. The van der Waals surface area contributed by atoms with Crippen LogP contribution in [0.25, 0.3) is 6.08 Å². The average molecular weight is 435 g/mol. The fourth-order valence-electron chi connectivity index (χ4n) is 3.10. The maximum absolute atomic E-state index is 12.7. The lowest BCUT2D eigenvalue weighted by molar-refractivity contribution is 0.101. The van der Waals surface area contributed by atoms with Gasteiger partial charge in [0.15, 0.2) is 5.76 Å². The summed E-state index contributed by atoms with van der Waals surface area (Å²) in [6.07, 6.45) is 1.76. The van der Waals surface area contributed by atoms with Gasteiger partial charge in [0.25, 0.3) is 0 Å². The summed E-state index contributed by atoms with van der Waals surface area (Å²) in [5.41, 5.74) is 4.60. The topological polar surface area (TPSA) is 35.5 Å². The zero-order valence-corrected chi connectivity index (χ0v) is 17.2. The van der Waals surface area contributed by atoms with Crippen molar-refractivity contribution < 1.29 is 14.3 Å². The number of ether oxygens (including phenoxy) is 2. The highest BCUT2D eigenvalue weighted by molar-refractivity contribution is 9.10. The summed E-state index contributed by atoms with van der Waals surface area (Å²) in [5, 5.41) is 0. The molecular formula is C24H19BrO3. The first-order chi connectivity index (χ1) is 13.5. The third kappa shape index (κ3) is 3.60. The van der Waals surface area contributed by atoms with Gasteiger partial charge in [-0.25, -0.2) is 0 Å². The van der Waals surface area contributed by atoms with Gasteiger partial charge in [-0.05, 0) is 49.2 Å². The summed E-state index contributed by atoms with van der Waals surface area (Å²) in [6.45, 7) is 4.44. The molecule has 0 aliphatic carbocycles. The van der Waals surface area contributed by atoms with Crippen molar-refractivity contribution in [1.82, 2.24) is 0 Å². The zero-order chi connectivity index (χ0) is 19.7. The Hall–Kier alpha value is -2.85. The molecular weight excluding hydrogens is 416 g/mol. The highest BCUT2D eigenvalue weighted by Crippen LogP contribution is 2.39. The van der Waals surface area contributed by atoms with E-state index in [9.17, 15) is 4.79 Å². The van der Waals surface area contributed by atoms with Crippen LogP contribution < -0.4 is 9.47 Å². The first-order valence-corrected chi connectivity index (χ1v) is 9.83. The summed E-state index contributed by atoms with van der Waals surface area (Å²) >= 11 is 3.50. The van der Waals surface area contributed by atoms with Crippen molar-refractivity contribution in [3.63, 3.8) is 0 Å². The van der Waals surface area contributed by atoms with Crippen LogP contribution in [0, 0.1) is 13.8 Å². The number of rotatable bonds is 4. The molecule has 0 bridgehead atoms. The Balaban J connectivity index is 1.58. The van der Waals surface area contributed by atoms with Gasteiger partial charge in [0.05, 0.1) is 5.56 Å². The number of hydrogen-bond acceptors (Lipinski definition) is 3. The fraction of sp³-hybridized carbons (Fsp3) is 0.125. The molecule has 140 valence electrons. The quantitative estimate of drug-likeness (QED) is 0.454. The van der Waals surface area contributed by atoms with Gasteiger partial charge in [0, 0.05) is 10.0 Å². The predicted molar refractivity (Wildman–Crippen MR) is 114 cm³/mol. The van der Waals surface area contributed by atoms with Gasteiger partial charge in [-0.3, -0.25) is 4.79 Å². The standard InChI is InChI=1S/C24H19BrO3/c1-15-7-9-17(10-8-15)14-27-21-12-11-19-23(26)22(28-24(19)16(21)2)13-18-5-3-4-6-20(18)25/h3-13H,14H2,1-2H3/b22-13-. The number of Topliss-reactive ketones (excluding diaryl/α,β-unsaturated/α-hetero) is 1. The molecule has 1 aliphatic heterocycles. The van der Waals surface area contributed by atoms with E-state index in [1.165, 1.54) is 5.56 Å². The molecule has 0 N–H and O–H groups in total. The molecule has 0 amide bonds. The smallest absolute Gasteiger partial charge is 0.231 e. The normalized spacial score (nSPS) is 14.1. The van der Waals surface area contributed by atoms with Crippen LogP contribution in [0.2, 0.25) is 0 Å². The first kappa shape index (κ1) is 18.5. The molecule has 0 atom stereocenters. The highest BCUT2D eigenvalue weighted by Gasteiger charge is 2.30. The second-order valence-corrected chi connectivity index (χ2v) is 7.66. The van der Waals surface area contributed by atoms with Gasteiger partial charge in [-0.1, -0.05) is 64.0 Å². The molecule has 0 radical (unpaired) electrons. The minimum Gasteiger partial charge on any atom is -0.488 e. The van der Waals surface area contributed by atoms with Crippen LogP contribution >= 0.6 is 15.9 Å². The van der Waals surface area contributed by atoms with E-state index >= 15 is 0 Å². The van der Waals surface area contributed by atoms with Crippen LogP contribution in [0.5, 0.6) is 11.5 Å². The van der Waals surface area contributed by atoms with E-state index < -0.39 is 0 Å². The van der Waals surface area contributed by atoms with Crippen molar-refractivity contribution in [2.45, 2.75) is 20.5 Å². The van der Waals surface area contributed by atoms with Gasteiger partial charge in [-0.15, -0.1) is 0 Å². The number of hydrogen-bond donors (Lipinski definition) is 0. The number of allylic oxidation sites excluding steroid dienone is 1. The third-order valence-corrected chi connectivity index (χ3v) is 5.47. The summed E-state index contributed by atoms with van der Waals surface area (Å²) in [5.74, 6) is 1.50. The van der Waals surface area contributed by atoms with E-state index in [-0.39, 0.29) is 5.78 Å². The first-order valence-electron chi connectivity index (χ1n) is 9.03. The third-order valence-electron chi connectivity index (χ3n) is 4.74. The molecule has 28 heavy (non-hydrogen) atoms. The van der Waals surface area contributed by atoms with Crippen molar-refractivity contribution >= 4 is 27.8 Å². The SMILES string of the molecule is Cc1ccc(COc2ccc3c(c2C)O/C(=C\c2ccccc2Br)C3=O)cc1. The van der Waals surface area contributed by atoms with Gasteiger partial charge < -0.3 is 9.47 Å². The van der Waals surface area contributed by atoms with Crippen molar-refractivity contribution in [2.24, 2.45) is 0 Å². The molecule has 0 unspecified atom stereocenters. The molecule has 0 spiro atoms. The van der Waals surface area contributed by atoms with Crippen LogP contribution in [0.3, 0.4) is 0 Å². The Kier molecular flexibility index (Phi) is 5.05.